The molecule has 1 N–H and O–H groups in total. The molecule has 0 heterocycles. The van der Waals surface area contributed by atoms with Crippen LogP contribution < -0.4 is 5.32 Å². The maximum Gasteiger partial charge on any atom is 0.251 e. The highest BCUT2D eigenvalue weighted by molar-refractivity contribution is 5.94. The van der Waals surface area contributed by atoms with Gasteiger partial charge in [-0.15, -0.1) is 0 Å². The van der Waals surface area contributed by atoms with Crippen LogP contribution in [0.5, 0.6) is 0 Å². The number of hydrogen-bond donors (Lipinski definition) is 1. The average molecular weight is 348 g/mol. The lowest BCUT2D eigenvalue weighted by atomic mass is 10.00. The van der Waals surface area contributed by atoms with E-state index in [0.717, 1.165) is 17.5 Å². The molecule has 0 unspecified atom stereocenters. The van der Waals surface area contributed by atoms with Gasteiger partial charge in [0.25, 0.3) is 5.91 Å². The highest BCUT2D eigenvalue weighted by atomic mass is 16.1. The summed E-state index contributed by atoms with van der Waals surface area (Å²) in [5, 5.41) is 11.2. The Hall–Kier alpha value is -2.60. The van der Waals surface area contributed by atoms with E-state index in [9.17, 15) is 4.79 Å². The van der Waals surface area contributed by atoms with Crippen molar-refractivity contribution in [1.82, 2.24) is 5.32 Å². The van der Waals surface area contributed by atoms with E-state index in [-0.39, 0.29) is 5.91 Å². The first-order chi connectivity index (χ1) is 12.7. The molecule has 1 amide bonds. The standard InChI is InChI=1S/C23H28N2O/c1-2-3-4-5-6-8-19-9-11-20(12-10-19)21-13-15-22(16-14-21)23(26)25-18-7-17-24/h9-16H,2-8,18H2,1H3,(H,25,26). The zero-order valence-corrected chi connectivity index (χ0v) is 15.6. The van der Waals surface area contributed by atoms with Gasteiger partial charge >= 0.3 is 0 Å². The lowest BCUT2D eigenvalue weighted by Crippen LogP contribution is -2.24. The Balaban J connectivity index is 1.88. The summed E-state index contributed by atoms with van der Waals surface area (Å²) >= 11 is 0. The van der Waals surface area contributed by atoms with Crippen molar-refractivity contribution >= 4 is 5.91 Å². The van der Waals surface area contributed by atoms with Crippen LogP contribution in [0, 0.1) is 11.3 Å². The quantitative estimate of drug-likeness (QED) is 0.576. The number of hydrogen-bond acceptors (Lipinski definition) is 2. The molecule has 0 aliphatic carbocycles. The van der Waals surface area contributed by atoms with Crippen molar-refractivity contribution in [2.75, 3.05) is 6.54 Å². The van der Waals surface area contributed by atoms with Crippen molar-refractivity contribution in [2.24, 2.45) is 0 Å². The molecule has 0 atom stereocenters. The lowest BCUT2D eigenvalue weighted by Gasteiger charge is -2.07. The Labute approximate surface area is 157 Å². The molecular weight excluding hydrogens is 320 g/mol. The van der Waals surface area contributed by atoms with Crippen molar-refractivity contribution in [2.45, 2.75) is 51.9 Å². The normalized spacial score (nSPS) is 10.3. The molecule has 2 rings (SSSR count). The van der Waals surface area contributed by atoms with Crippen molar-refractivity contribution < 1.29 is 4.79 Å². The van der Waals surface area contributed by atoms with Gasteiger partial charge in [-0.05, 0) is 41.7 Å². The number of unbranched alkanes of at least 4 members (excludes halogenated alkanes) is 4. The van der Waals surface area contributed by atoms with E-state index < -0.39 is 0 Å². The number of aryl methyl sites for hydroxylation is 1. The molecule has 0 aliphatic heterocycles. The zero-order valence-electron chi connectivity index (χ0n) is 15.6. The van der Waals surface area contributed by atoms with Crippen LogP contribution in [0.25, 0.3) is 11.1 Å². The van der Waals surface area contributed by atoms with Gasteiger partial charge in [0, 0.05) is 12.1 Å². The number of carbonyl (C=O) groups excluding carboxylic acids is 1. The van der Waals surface area contributed by atoms with Gasteiger partial charge in [-0.1, -0.05) is 69.0 Å². The number of nitrogens with zero attached hydrogens (tertiary/aromatic N) is 1. The van der Waals surface area contributed by atoms with Crippen LogP contribution in [0.2, 0.25) is 0 Å². The van der Waals surface area contributed by atoms with Gasteiger partial charge in [-0.2, -0.15) is 5.26 Å². The molecule has 0 fully saturated rings. The number of nitriles is 1. The highest BCUT2D eigenvalue weighted by Crippen LogP contribution is 2.21. The zero-order chi connectivity index (χ0) is 18.6. The van der Waals surface area contributed by atoms with Crippen LogP contribution in [-0.2, 0) is 6.42 Å². The molecule has 0 saturated carbocycles. The van der Waals surface area contributed by atoms with Crippen LogP contribution >= 0.6 is 0 Å². The van der Waals surface area contributed by atoms with Crippen molar-refractivity contribution in [3.05, 3.63) is 59.7 Å². The van der Waals surface area contributed by atoms with Crippen molar-refractivity contribution in [1.29, 1.82) is 5.26 Å². The molecule has 2 aromatic rings. The topological polar surface area (TPSA) is 52.9 Å². The molecule has 0 bridgehead atoms. The van der Waals surface area contributed by atoms with Gasteiger partial charge in [0.2, 0.25) is 0 Å². The number of nitrogens with one attached hydrogen (secondary N) is 1. The van der Waals surface area contributed by atoms with E-state index >= 15 is 0 Å². The van der Waals surface area contributed by atoms with Gasteiger partial charge < -0.3 is 5.32 Å². The number of rotatable bonds is 10. The Bertz CT molecular complexity index is 711. The Morgan fingerprint density at radius 1 is 0.923 bits per heavy atom. The summed E-state index contributed by atoms with van der Waals surface area (Å²) in [6.07, 6.45) is 8.01. The first kappa shape index (κ1) is 19.7. The predicted octanol–water partition coefficient (Wildman–Crippen LogP) is 5.51. The number of amides is 1. The average Bonchev–Trinajstić information content (AvgIpc) is 2.68. The van der Waals surface area contributed by atoms with E-state index in [2.05, 4.69) is 36.5 Å². The van der Waals surface area contributed by atoms with E-state index in [0.29, 0.717) is 18.5 Å². The maximum absolute atomic E-state index is 12.0. The molecule has 26 heavy (non-hydrogen) atoms. The van der Waals surface area contributed by atoms with Crippen LogP contribution in [0.15, 0.2) is 48.5 Å². The minimum Gasteiger partial charge on any atom is -0.351 e. The molecule has 0 aromatic heterocycles. The lowest BCUT2D eigenvalue weighted by molar-refractivity contribution is 0.0954. The minimum atomic E-state index is -0.134. The number of carbonyl (C=O) groups is 1. The predicted molar refractivity (Wildman–Crippen MR) is 107 cm³/mol. The number of benzene rings is 2. The SMILES string of the molecule is CCCCCCCc1ccc(-c2ccc(C(=O)NCCC#N)cc2)cc1. The molecule has 136 valence electrons. The summed E-state index contributed by atoms with van der Waals surface area (Å²) in [7, 11) is 0. The second-order valence-corrected chi connectivity index (χ2v) is 6.60. The van der Waals surface area contributed by atoms with E-state index in [1.165, 1.54) is 37.7 Å². The molecule has 3 heteroatoms. The molecule has 2 aromatic carbocycles. The third-order valence-electron chi connectivity index (χ3n) is 4.53. The first-order valence-electron chi connectivity index (χ1n) is 9.59. The molecule has 0 saturated heterocycles. The summed E-state index contributed by atoms with van der Waals surface area (Å²) in [6, 6.07) is 18.3. The fourth-order valence-electron chi connectivity index (χ4n) is 2.94. The largest absolute Gasteiger partial charge is 0.351 e. The van der Waals surface area contributed by atoms with Gasteiger partial charge in [0.05, 0.1) is 12.5 Å². The molecule has 0 aliphatic rings. The summed E-state index contributed by atoms with van der Waals surface area (Å²) in [5.41, 5.74) is 4.28. The fraction of sp³-hybridized carbons (Fsp3) is 0.391. The first-order valence-corrected chi connectivity index (χ1v) is 9.59. The molecule has 0 radical (unpaired) electrons. The van der Waals surface area contributed by atoms with Crippen LogP contribution in [0.1, 0.15) is 61.4 Å². The fourth-order valence-corrected chi connectivity index (χ4v) is 2.94. The van der Waals surface area contributed by atoms with Gasteiger partial charge in [-0.3, -0.25) is 4.79 Å². The van der Waals surface area contributed by atoms with Gasteiger partial charge in [0.15, 0.2) is 0 Å². The smallest absolute Gasteiger partial charge is 0.251 e. The Morgan fingerprint density at radius 2 is 1.54 bits per heavy atom. The van der Waals surface area contributed by atoms with E-state index in [1.807, 2.05) is 30.3 Å². The minimum absolute atomic E-state index is 0.134. The Kier molecular flexibility index (Phi) is 8.42. The molecular formula is C23H28N2O. The van der Waals surface area contributed by atoms with Crippen molar-refractivity contribution in [3.8, 4) is 17.2 Å². The van der Waals surface area contributed by atoms with Gasteiger partial charge in [0.1, 0.15) is 0 Å². The van der Waals surface area contributed by atoms with Crippen LogP contribution in [-0.4, -0.2) is 12.5 Å². The summed E-state index contributed by atoms with van der Waals surface area (Å²) in [5.74, 6) is -0.134. The maximum atomic E-state index is 12.0. The van der Waals surface area contributed by atoms with Crippen LogP contribution in [0.3, 0.4) is 0 Å². The summed E-state index contributed by atoms with van der Waals surface area (Å²) in [4.78, 5) is 12.0. The molecule has 3 nitrogen and oxygen atoms in total. The van der Waals surface area contributed by atoms with Crippen molar-refractivity contribution in [3.63, 3.8) is 0 Å². The highest BCUT2D eigenvalue weighted by Gasteiger charge is 2.05. The third kappa shape index (κ3) is 6.37. The van der Waals surface area contributed by atoms with Gasteiger partial charge in [-0.25, -0.2) is 0 Å². The summed E-state index contributed by atoms with van der Waals surface area (Å²) in [6.45, 7) is 2.63. The monoisotopic (exact) mass is 348 g/mol. The summed E-state index contributed by atoms with van der Waals surface area (Å²) < 4.78 is 0. The second-order valence-electron chi connectivity index (χ2n) is 6.60. The third-order valence-corrected chi connectivity index (χ3v) is 4.53. The molecule has 0 spiro atoms. The Morgan fingerprint density at radius 3 is 2.15 bits per heavy atom. The van der Waals surface area contributed by atoms with E-state index in [1.54, 1.807) is 0 Å². The second kappa shape index (κ2) is 11.1. The van der Waals surface area contributed by atoms with E-state index in [4.69, 9.17) is 5.26 Å². The van der Waals surface area contributed by atoms with Crippen LogP contribution in [0.4, 0.5) is 0 Å².